The Kier molecular flexibility index (Phi) is 6.80. The summed E-state index contributed by atoms with van der Waals surface area (Å²) in [5, 5.41) is 2.36. The Morgan fingerprint density at radius 1 is 1.35 bits per heavy atom. The number of methoxy groups -OCH3 is 1. The fourth-order valence-corrected chi connectivity index (χ4v) is 2.46. The van der Waals surface area contributed by atoms with Crippen LogP contribution in [-0.2, 0) is 9.16 Å². The summed E-state index contributed by atoms with van der Waals surface area (Å²) in [6, 6.07) is 4.54. The minimum absolute atomic E-state index is 0.254. The van der Waals surface area contributed by atoms with E-state index in [2.05, 4.69) is 4.99 Å². The molecule has 8 heteroatoms. The third-order valence-electron chi connectivity index (χ3n) is 3.40. The number of amides is 1. The Labute approximate surface area is 156 Å². The Bertz CT molecular complexity index is 841. The molecule has 0 saturated heterocycles. The first-order chi connectivity index (χ1) is 12.5. The summed E-state index contributed by atoms with van der Waals surface area (Å²) in [6.45, 7) is 4.46. The Morgan fingerprint density at radius 2 is 2.12 bits per heavy atom. The second kappa shape index (κ2) is 9.05. The van der Waals surface area contributed by atoms with Gasteiger partial charge in [-0.25, -0.2) is 0 Å². The highest BCUT2D eigenvalue weighted by Gasteiger charge is 2.26. The molecule has 0 saturated carbocycles. The molecular weight excluding hydrogens is 358 g/mol. The first-order valence-corrected chi connectivity index (χ1v) is 8.35. The van der Waals surface area contributed by atoms with Gasteiger partial charge in [0.15, 0.2) is 11.5 Å². The molecular formula is C18H19ClN3O4+. The van der Waals surface area contributed by atoms with E-state index in [9.17, 15) is 4.79 Å². The number of aliphatic imine (C=N–C) groups is 1. The number of benzene rings is 1. The van der Waals surface area contributed by atoms with Crippen LogP contribution < -0.4 is 9.85 Å². The highest BCUT2D eigenvalue weighted by atomic mass is 35.5. The Morgan fingerprint density at radius 3 is 2.73 bits per heavy atom. The molecule has 1 aliphatic carbocycles. The largest absolute Gasteiger partial charge is 0.502 e. The molecule has 0 aliphatic heterocycles. The highest BCUT2D eigenvalue weighted by Crippen LogP contribution is 2.23. The lowest BCUT2D eigenvalue weighted by molar-refractivity contribution is -0.449. The van der Waals surface area contributed by atoms with E-state index in [-0.39, 0.29) is 11.3 Å². The zero-order valence-electron chi connectivity index (χ0n) is 14.7. The minimum atomic E-state index is -0.519. The monoisotopic (exact) mass is 376 g/mol. The maximum absolute atomic E-state index is 12.5. The molecule has 26 heavy (non-hydrogen) atoms. The van der Waals surface area contributed by atoms with Gasteiger partial charge in [-0.05, 0) is 19.1 Å². The summed E-state index contributed by atoms with van der Waals surface area (Å²) in [6.07, 6.45) is 3.13. The Hall–Kier alpha value is -2.80. The maximum Gasteiger partial charge on any atom is 0.370 e. The number of nitrogens with one attached hydrogen (secondary N) is 1. The van der Waals surface area contributed by atoms with Crippen LogP contribution in [0.25, 0.3) is 5.53 Å². The molecule has 0 fully saturated rings. The lowest BCUT2D eigenvalue weighted by Gasteiger charge is -2.10. The SMILES string of the molecule is CCOC1=CC(=NC(=O)c2ccc(OC)c([NH+]=[N-])c2)C(=[O+]CC)C=C1Cl. The molecule has 1 aliphatic rings. The molecule has 7 nitrogen and oxygen atoms in total. The van der Waals surface area contributed by atoms with Crippen molar-refractivity contribution in [2.24, 2.45) is 4.99 Å². The van der Waals surface area contributed by atoms with E-state index in [4.69, 9.17) is 31.0 Å². The van der Waals surface area contributed by atoms with Gasteiger partial charge in [0, 0.05) is 24.6 Å². The molecule has 1 aromatic rings. The fourth-order valence-electron chi connectivity index (χ4n) is 2.25. The van der Waals surface area contributed by atoms with E-state index < -0.39 is 5.91 Å². The van der Waals surface area contributed by atoms with Gasteiger partial charge in [0.05, 0.1) is 24.8 Å². The summed E-state index contributed by atoms with van der Waals surface area (Å²) < 4.78 is 16.0. The molecule has 0 heterocycles. The lowest BCUT2D eigenvalue weighted by Crippen LogP contribution is -2.54. The van der Waals surface area contributed by atoms with Crippen molar-refractivity contribution in [2.45, 2.75) is 13.8 Å². The van der Waals surface area contributed by atoms with Gasteiger partial charge < -0.3 is 15.0 Å². The van der Waals surface area contributed by atoms with Crippen LogP contribution >= 0.6 is 11.6 Å². The molecule has 2 rings (SSSR count). The van der Waals surface area contributed by atoms with E-state index in [1.807, 2.05) is 19.0 Å². The fraction of sp³-hybridized carbons (Fsp3) is 0.278. The number of carbonyl (C=O) groups is 1. The molecule has 1 amide bonds. The number of allylic oxidation sites excluding steroid dienone is 3. The van der Waals surface area contributed by atoms with Crippen molar-refractivity contribution in [2.75, 3.05) is 20.3 Å². The van der Waals surface area contributed by atoms with Gasteiger partial charge >= 0.3 is 5.78 Å². The summed E-state index contributed by atoms with van der Waals surface area (Å²) in [4.78, 5) is 16.7. The van der Waals surface area contributed by atoms with Crippen LogP contribution in [0.1, 0.15) is 24.2 Å². The van der Waals surface area contributed by atoms with Gasteiger partial charge in [0.1, 0.15) is 5.76 Å². The maximum atomic E-state index is 12.5. The molecule has 136 valence electrons. The zero-order valence-corrected chi connectivity index (χ0v) is 15.5. The molecule has 1 N–H and O–H groups in total. The first-order valence-electron chi connectivity index (χ1n) is 7.97. The summed E-state index contributed by atoms with van der Waals surface area (Å²) in [7, 11) is 1.46. The minimum Gasteiger partial charge on any atom is -0.502 e. The average molecular weight is 377 g/mol. The van der Waals surface area contributed by atoms with Gasteiger partial charge in [0.2, 0.25) is 5.69 Å². The smallest absolute Gasteiger partial charge is 0.370 e. The third kappa shape index (κ3) is 4.43. The molecule has 0 bridgehead atoms. The number of hydrogen-bond donors (Lipinski definition) is 1. The van der Waals surface area contributed by atoms with Crippen molar-refractivity contribution in [3.63, 3.8) is 0 Å². The third-order valence-corrected chi connectivity index (χ3v) is 3.70. The number of ether oxygens (including phenoxy) is 2. The predicted molar refractivity (Wildman–Crippen MR) is 97.9 cm³/mol. The highest BCUT2D eigenvalue weighted by molar-refractivity contribution is 6.53. The van der Waals surface area contributed by atoms with Crippen molar-refractivity contribution < 1.29 is 23.8 Å². The number of hydrogen-bond acceptors (Lipinski definition) is 3. The summed E-state index contributed by atoms with van der Waals surface area (Å²) >= 11 is 6.16. The molecule has 0 radical (unpaired) electrons. The van der Waals surface area contributed by atoms with Crippen LogP contribution in [0.5, 0.6) is 5.75 Å². The van der Waals surface area contributed by atoms with Crippen molar-refractivity contribution >= 4 is 34.7 Å². The molecule has 0 aromatic heterocycles. The second-order valence-corrected chi connectivity index (χ2v) is 5.47. The van der Waals surface area contributed by atoms with E-state index in [1.165, 1.54) is 13.2 Å². The van der Waals surface area contributed by atoms with Crippen molar-refractivity contribution in [1.29, 1.82) is 0 Å². The van der Waals surface area contributed by atoms with E-state index in [0.717, 1.165) is 0 Å². The standard InChI is InChI=1S/C18H19ClN3O4/c1-4-25-16-10-13(17(26-5-2)9-12(16)19)21-18(23)11-6-7-15(24-3)14(8-11)22-20/h6-10,22H,4-5H2,1-3H3/q+1. The van der Waals surface area contributed by atoms with Crippen LogP contribution in [0.3, 0.4) is 0 Å². The molecule has 0 spiro atoms. The number of halogens is 1. The molecule has 1 aromatic carbocycles. The normalized spacial score (nSPS) is 16.9. The van der Waals surface area contributed by atoms with E-state index >= 15 is 0 Å². The number of nitrogens with zero attached hydrogens (tertiary/aromatic N) is 2. The van der Waals surface area contributed by atoms with Crippen LogP contribution in [0.4, 0.5) is 5.69 Å². The van der Waals surface area contributed by atoms with Crippen LogP contribution in [-0.4, -0.2) is 37.7 Å². The second-order valence-electron chi connectivity index (χ2n) is 5.06. The van der Waals surface area contributed by atoms with Crippen LogP contribution in [0, 0.1) is 0 Å². The zero-order chi connectivity index (χ0) is 19.1. The summed E-state index contributed by atoms with van der Waals surface area (Å²) in [5.74, 6) is 0.666. The van der Waals surface area contributed by atoms with Crippen LogP contribution in [0.2, 0.25) is 0 Å². The van der Waals surface area contributed by atoms with Crippen molar-refractivity contribution in [3.8, 4) is 5.75 Å². The van der Waals surface area contributed by atoms with Gasteiger partial charge in [-0.2, -0.15) is 4.99 Å². The molecule has 0 atom stereocenters. The number of ketones is 1. The van der Waals surface area contributed by atoms with Crippen molar-refractivity contribution in [3.05, 3.63) is 52.2 Å². The van der Waals surface area contributed by atoms with E-state index in [0.29, 0.717) is 41.2 Å². The Balaban J connectivity index is 2.43. The lowest BCUT2D eigenvalue weighted by atomic mass is 10.1. The summed E-state index contributed by atoms with van der Waals surface area (Å²) in [5.41, 5.74) is 9.98. The quantitative estimate of drug-likeness (QED) is 0.468. The van der Waals surface area contributed by atoms with Crippen LogP contribution in [0.15, 0.2) is 46.1 Å². The number of carbonyl (C=O) groups excluding carboxylic acids is 2. The average Bonchev–Trinajstić information content (AvgIpc) is 2.64. The van der Waals surface area contributed by atoms with Gasteiger partial charge in [-0.1, -0.05) is 11.6 Å². The molecule has 0 unspecified atom stereocenters. The van der Waals surface area contributed by atoms with Gasteiger partial charge in [-0.3, -0.25) is 14.3 Å². The predicted octanol–water partition coefficient (Wildman–Crippen LogP) is 2.19. The topological polar surface area (TPSA) is 95.5 Å². The van der Waals surface area contributed by atoms with Gasteiger partial charge in [-0.15, -0.1) is 0 Å². The van der Waals surface area contributed by atoms with Crippen molar-refractivity contribution in [1.82, 2.24) is 0 Å². The number of rotatable bonds is 6. The van der Waals surface area contributed by atoms with Gasteiger partial charge in [0.25, 0.3) is 12.5 Å². The van der Waals surface area contributed by atoms with E-state index in [1.54, 1.807) is 24.3 Å². The first kappa shape index (κ1) is 19.5.